The van der Waals surface area contributed by atoms with Gasteiger partial charge in [-0.2, -0.15) is 13.2 Å². The molecule has 3 aromatic carbocycles. The van der Waals surface area contributed by atoms with Gasteiger partial charge in [0.15, 0.2) is 5.78 Å². The highest BCUT2D eigenvalue weighted by Crippen LogP contribution is 2.37. The van der Waals surface area contributed by atoms with E-state index >= 15 is 0 Å². The smallest absolute Gasteiger partial charge is 0.419 e. The first kappa shape index (κ1) is 23.2. The van der Waals surface area contributed by atoms with E-state index < -0.39 is 17.5 Å². The van der Waals surface area contributed by atoms with Gasteiger partial charge in [0.25, 0.3) is 0 Å². The summed E-state index contributed by atoms with van der Waals surface area (Å²) >= 11 is 0. The lowest BCUT2D eigenvalue weighted by Crippen LogP contribution is -2.16. The number of nitrogens with two attached hydrogens (primary N) is 1. The van der Waals surface area contributed by atoms with Crippen LogP contribution < -0.4 is 10.5 Å². The number of alkyl halides is 3. The summed E-state index contributed by atoms with van der Waals surface area (Å²) < 4.78 is 45.4. The summed E-state index contributed by atoms with van der Waals surface area (Å²) in [6.07, 6.45) is -4.64. The zero-order chi connectivity index (χ0) is 22.1. The average Bonchev–Trinajstić information content (AvgIpc) is 2.78. The van der Waals surface area contributed by atoms with Crippen LogP contribution in [0.4, 0.5) is 13.2 Å². The molecular formula is C24H24F3NO2. The Morgan fingerprint density at radius 1 is 0.900 bits per heavy atom. The number of benzene rings is 3. The summed E-state index contributed by atoms with van der Waals surface area (Å²) in [5.74, 6) is -0.887. The molecule has 0 saturated heterocycles. The first-order valence-corrected chi connectivity index (χ1v) is 9.60. The van der Waals surface area contributed by atoms with Crippen molar-refractivity contribution in [1.82, 2.24) is 0 Å². The summed E-state index contributed by atoms with van der Waals surface area (Å²) in [4.78, 5) is 11.6. The van der Waals surface area contributed by atoms with Crippen molar-refractivity contribution >= 4 is 5.78 Å². The maximum absolute atomic E-state index is 13.3. The van der Waals surface area contributed by atoms with E-state index in [0.717, 1.165) is 28.8 Å². The lowest BCUT2D eigenvalue weighted by Gasteiger charge is -2.15. The Labute approximate surface area is 174 Å². The quantitative estimate of drug-likeness (QED) is 0.494. The lowest BCUT2D eigenvalue weighted by atomic mass is 10.0. The van der Waals surface area contributed by atoms with Crippen LogP contribution in [0.15, 0.2) is 72.8 Å². The van der Waals surface area contributed by atoms with Gasteiger partial charge in [0, 0.05) is 5.56 Å². The van der Waals surface area contributed by atoms with Crippen LogP contribution in [0.2, 0.25) is 0 Å². The molecule has 0 fully saturated rings. The van der Waals surface area contributed by atoms with E-state index in [4.69, 9.17) is 10.5 Å². The summed E-state index contributed by atoms with van der Waals surface area (Å²) in [7, 11) is 0. The third-order valence-corrected chi connectivity index (χ3v) is 4.25. The molecule has 0 radical (unpaired) electrons. The van der Waals surface area contributed by atoms with Crippen molar-refractivity contribution in [3.63, 3.8) is 0 Å². The van der Waals surface area contributed by atoms with E-state index in [1.54, 1.807) is 0 Å². The van der Waals surface area contributed by atoms with E-state index in [2.05, 4.69) is 0 Å². The number of carbonyl (C=O) groups excluding carboxylic acids is 1. The van der Waals surface area contributed by atoms with Crippen LogP contribution >= 0.6 is 0 Å². The predicted octanol–water partition coefficient (Wildman–Crippen LogP) is 6.12. The van der Waals surface area contributed by atoms with E-state index in [9.17, 15) is 18.0 Å². The van der Waals surface area contributed by atoms with Crippen molar-refractivity contribution in [3.8, 4) is 16.9 Å². The Bertz CT molecular complexity index is 952. The molecule has 0 amide bonds. The van der Waals surface area contributed by atoms with Crippen molar-refractivity contribution in [1.29, 1.82) is 0 Å². The Balaban J connectivity index is 0.00000155. The largest absolute Gasteiger partial charge is 0.488 e. The molecule has 158 valence electrons. The van der Waals surface area contributed by atoms with Crippen molar-refractivity contribution < 1.29 is 22.7 Å². The second kappa shape index (κ2) is 10.6. The fraction of sp³-hybridized carbons (Fsp3) is 0.208. The van der Waals surface area contributed by atoms with Crippen LogP contribution in [0.3, 0.4) is 0 Å². The van der Waals surface area contributed by atoms with Gasteiger partial charge in [0.1, 0.15) is 12.4 Å². The Hall–Kier alpha value is -3.12. The van der Waals surface area contributed by atoms with Crippen LogP contribution in [0.25, 0.3) is 11.1 Å². The number of Topliss-reactive ketones (excluding diaryl/α,β-unsaturated/α-hetero) is 1. The van der Waals surface area contributed by atoms with Gasteiger partial charge in [0.2, 0.25) is 0 Å². The monoisotopic (exact) mass is 415 g/mol. The highest BCUT2D eigenvalue weighted by molar-refractivity contribution is 5.97. The van der Waals surface area contributed by atoms with Gasteiger partial charge in [-0.3, -0.25) is 4.79 Å². The zero-order valence-electron chi connectivity index (χ0n) is 16.9. The number of halogens is 3. The van der Waals surface area contributed by atoms with Gasteiger partial charge in [-0.1, -0.05) is 68.4 Å². The first-order chi connectivity index (χ1) is 14.4. The molecule has 2 N–H and O–H groups in total. The second-order valence-electron chi connectivity index (χ2n) is 6.19. The van der Waals surface area contributed by atoms with E-state index in [0.29, 0.717) is 0 Å². The molecule has 0 atom stereocenters. The maximum atomic E-state index is 13.3. The number of hydrogen-bond acceptors (Lipinski definition) is 3. The average molecular weight is 415 g/mol. The molecule has 6 heteroatoms. The topological polar surface area (TPSA) is 52.3 Å². The standard InChI is InChI=1S/C22H18F3NO2.C2H6/c23-22(24,25)19-12-18(20(27)13-26)10-11-21(19)28-14-15-6-8-17(9-7-15)16-4-2-1-3-5-16;1-2/h1-12H,13-14,26H2;1-2H3. The molecule has 0 aliphatic carbocycles. The summed E-state index contributed by atoms with van der Waals surface area (Å²) in [5, 5.41) is 0. The van der Waals surface area contributed by atoms with Crippen molar-refractivity contribution in [3.05, 3.63) is 89.5 Å². The molecule has 30 heavy (non-hydrogen) atoms. The van der Waals surface area contributed by atoms with Crippen LogP contribution in [-0.2, 0) is 12.8 Å². The van der Waals surface area contributed by atoms with Gasteiger partial charge >= 0.3 is 6.18 Å². The number of rotatable bonds is 6. The van der Waals surface area contributed by atoms with Crippen LogP contribution in [0.1, 0.15) is 35.3 Å². The normalized spacial score (nSPS) is 10.7. The Kier molecular flexibility index (Phi) is 8.18. The molecule has 0 aliphatic rings. The third-order valence-electron chi connectivity index (χ3n) is 4.25. The fourth-order valence-electron chi connectivity index (χ4n) is 2.75. The van der Waals surface area contributed by atoms with Crippen LogP contribution in [-0.4, -0.2) is 12.3 Å². The molecular weight excluding hydrogens is 391 g/mol. The van der Waals surface area contributed by atoms with E-state index in [1.807, 2.05) is 68.4 Å². The summed E-state index contributed by atoms with van der Waals surface area (Å²) in [5.41, 5.74) is 6.93. The van der Waals surface area contributed by atoms with E-state index in [-0.39, 0.29) is 24.5 Å². The molecule has 0 unspecified atom stereocenters. The molecule has 0 aliphatic heterocycles. The van der Waals surface area contributed by atoms with Crippen molar-refractivity contribution in [2.24, 2.45) is 5.73 Å². The molecule has 3 nitrogen and oxygen atoms in total. The minimum atomic E-state index is -4.64. The van der Waals surface area contributed by atoms with Crippen LogP contribution in [0, 0.1) is 0 Å². The highest BCUT2D eigenvalue weighted by atomic mass is 19.4. The second-order valence-corrected chi connectivity index (χ2v) is 6.19. The lowest BCUT2D eigenvalue weighted by molar-refractivity contribution is -0.139. The fourth-order valence-corrected chi connectivity index (χ4v) is 2.75. The molecule has 3 rings (SSSR count). The highest BCUT2D eigenvalue weighted by Gasteiger charge is 2.35. The predicted molar refractivity (Wildman–Crippen MR) is 112 cm³/mol. The molecule has 0 saturated carbocycles. The number of carbonyl (C=O) groups is 1. The Morgan fingerprint density at radius 2 is 1.50 bits per heavy atom. The van der Waals surface area contributed by atoms with Crippen LogP contribution in [0.5, 0.6) is 5.75 Å². The number of ether oxygens (including phenoxy) is 1. The SMILES string of the molecule is CC.NCC(=O)c1ccc(OCc2ccc(-c3ccccc3)cc2)c(C(F)(F)F)c1. The maximum Gasteiger partial charge on any atom is 0.419 e. The zero-order valence-corrected chi connectivity index (χ0v) is 16.9. The molecule has 0 spiro atoms. The van der Waals surface area contributed by atoms with Gasteiger partial charge in [-0.15, -0.1) is 0 Å². The van der Waals surface area contributed by atoms with E-state index in [1.165, 1.54) is 6.07 Å². The van der Waals surface area contributed by atoms with Crippen molar-refractivity contribution in [2.75, 3.05) is 6.54 Å². The molecule has 0 heterocycles. The summed E-state index contributed by atoms with van der Waals surface area (Å²) in [6, 6.07) is 20.4. The third kappa shape index (κ3) is 5.94. The minimum absolute atomic E-state index is 0.0255. The minimum Gasteiger partial charge on any atom is -0.488 e. The van der Waals surface area contributed by atoms with Gasteiger partial charge < -0.3 is 10.5 Å². The first-order valence-electron chi connectivity index (χ1n) is 9.60. The molecule has 3 aromatic rings. The van der Waals surface area contributed by atoms with Gasteiger partial charge in [-0.05, 0) is 34.9 Å². The Morgan fingerprint density at radius 3 is 2.07 bits per heavy atom. The summed E-state index contributed by atoms with van der Waals surface area (Å²) in [6.45, 7) is 3.62. The number of ketones is 1. The number of hydrogen-bond donors (Lipinski definition) is 1. The molecule has 0 aromatic heterocycles. The van der Waals surface area contributed by atoms with Gasteiger partial charge in [0.05, 0.1) is 12.1 Å². The van der Waals surface area contributed by atoms with Gasteiger partial charge in [-0.25, -0.2) is 0 Å². The van der Waals surface area contributed by atoms with Crippen molar-refractivity contribution in [2.45, 2.75) is 26.6 Å². The molecule has 0 bridgehead atoms.